The second-order valence-electron chi connectivity index (χ2n) is 4.69. The predicted molar refractivity (Wildman–Crippen MR) is 90.0 cm³/mol. The Kier molecular flexibility index (Phi) is 5.42. The first-order valence-corrected chi connectivity index (χ1v) is 6.99. The van der Waals surface area contributed by atoms with E-state index in [1.807, 2.05) is 18.2 Å². The molecule has 0 radical (unpaired) electrons. The van der Waals surface area contributed by atoms with E-state index in [1.54, 1.807) is 12.1 Å². The van der Waals surface area contributed by atoms with Crippen molar-refractivity contribution in [2.45, 2.75) is 0 Å². The fourth-order valence-electron chi connectivity index (χ4n) is 1.99. The number of carbonyl (C=O) groups is 2. The Balaban J connectivity index is 2.29. The summed E-state index contributed by atoms with van der Waals surface area (Å²) < 4.78 is 10.3. The molecule has 2 aromatic rings. The van der Waals surface area contributed by atoms with Crippen LogP contribution in [0.2, 0.25) is 0 Å². The number of amides is 2. The average molecular weight is 324 g/mol. The summed E-state index contributed by atoms with van der Waals surface area (Å²) in [6, 6.07) is 11.9. The molecule has 0 aliphatic carbocycles. The molecule has 0 saturated heterocycles. The molecule has 0 aliphatic rings. The summed E-state index contributed by atoms with van der Waals surface area (Å²) in [5, 5.41) is 2.54. The molecule has 0 aliphatic heterocycles. The van der Waals surface area contributed by atoms with Gasteiger partial charge in [0.15, 0.2) is 11.5 Å². The van der Waals surface area contributed by atoms with E-state index in [9.17, 15) is 9.59 Å². The van der Waals surface area contributed by atoms with Crippen molar-refractivity contribution in [3.63, 3.8) is 0 Å². The van der Waals surface area contributed by atoms with Gasteiger partial charge < -0.3 is 20.5 Å². The summed E-state index contributed by atoms with van der Waals surface area (Å²) in [5.74, 6) is 4.59. The SMILES string of the molecule is COc1cc(NC(=O)C#Cc2ccccc2)c(C(N)=O)cc1OC. The highest BCUT2D eigenvalue weighted by Gasteiger charge is 2.16. The first kappa shape index (κ1) is 16.9. The van der Waals surface area contributed by atoms with Crippen LogP contribution in [0.1, 0.15) is 15.9 Å². The highest BCUT2D eigenvalue weighted by Crippen LogP contribution is 2.33. The minimum atomic E-state index is -0.706. The van der Waals surface area contributed by atoms with Crippen LogP contribution in [-0.4, -0.2) is 26.0 Å². The lowest BCUT2D eigenvalue weighted by Gasteiger charge is -2.13. The van der Waals surface area contributed by atoms with Gasteiger partial charge in [-0.2, -0.15) is 0 Å². The van der Waals surface area contributed by atoms with Crippen LogP contribution in [0.3, 0.4) is 0 Å². The van der Waals surface area contributed by atoms with Gasteiger partial charge in [-0.25, -0.2) is 0 Å². The number of nitrogens with two attached hydrogens (primary N) is 1. The molecule has 2 amide bonds. The van der Waals surface area contributed by atoms with Crippen molar-refractivity contribution in [1.82, 2.24) is 0 Å². The molecular weight excluding hydrogens is 308 g/mol. The Bertz CT molecular complexity index is 820. The van der Waals surface area contributed by atoms with Crippen molar-refractivity contribution in [2.75, 3.05) is 19.5 Å². The van der Waals surface area contributed by atoms with E-state index in [0.29, 0.717) is 17.1 Å². The predicted octanol–water partition coefficient (Wildman–Crippen LogP) is 1.79. The lowest BCUT2D eigenvalue weighted by atomic mass is 10.1. The number of carbonyl (C=O) groups excluding carboxylic acids is 2. The van der Waals surface area contributed by atoms with Crippen LogP contribution in [-0.2, 0) is 4.79 Å². The largest absolute Gasteiger partial charge is 0.493 e. The third-order valence-corrected chi connectivity index (χ3v) is 3.13. The highest BCUT2D eigenvalue weighted by molar-refractivity contribution is 6.09. The molecule has 0 spiro atoms. The summed E-state index contributed by atoms with van der Waals surface area (Å²) in [6.45, 7) is 0. The monoisotopic (exact) mass is 324 g/mol. The van der Waals surface area contributed by atoms with Gasteiger partial charge in [0.1, 0.15) is 0 Å². The molecule has 0 aromatic heterocycles. The number of nitrogens with one attached hydrogen (secondary N) is 1. The number of methoxy groups -OCH3 is 2. The molecule has 24 heavy (non-hydrogen) atoms. The van der Waals surface area contributed by atoms with Crippen LogP contribution in [0.4, 0.5) is 5.69 Å². The van der Waals surface area contributed by atoms with E-state index in [2.05, 4.69) is 17.2 Å². The number of ether oxygens (including phenoxy) is 2. The van der Waals surface area contributed by atoms with Gasteiger partial charge in [-0.3, -0.25) is 9.59 Å². The lowest BCUT2D eigenvalue weighted by Crippen LogP contribution is -2.17. The third-order valence-electron chi connectivity index (χ3n) is 3.13. The van der Waals surface area contributed by atoms with Crippen LogP contribution >= 0.6 is 0 Å². The van der Waals surface area contributed by atoms with Crippen molar-refractivity contribution in [2.24, 2.45) is 5.73 Å². The van der Waals surface area contributed by atoms with Gasteiger partial charge in [0, 0.05) is 17.6 Å². The zero-order valence-corrected chi connectivity index (χ0v) is 13.3. The van der Waals surface area contributed by atoms with Crippen molar-refractivity contribution in [3.05, 3.63) is 53.6 Å². The van der Waals surface area contributed by atoms with Crippen molar-refractivity contribution in [1.29, 1.82) is 0 Å². The smallest absolute Gasteiger partial charge is 0.300 e. The summed E-state index contributed by atoms with van der Waals surface area (Å²) >= 11 is 0. The highest BCUT2D eigenvalue weighted by atomic mass is 16.5. The zero-order valence-electron chi connectivity index (χ0n) is 13.3. The van der Waals surface area contributed by atoms with Gasteiger partial charge in [-0.15, -0.1) is 0 Å². The minimum absolute atomic E-state index is 0.0995. The molecule has 6 heteroatoms. The molecule has 3 N–H and O–H groups in total. The number of hydrogen-bond acceptors (Lipinski definition) is 4. The molecule has 6 nitrogen and oxygen atoms in total. The minimum Gasteiger partial charge on any atom is -0.493 e. The van der Waals surface area contributed by atoms with Gasteiger partial charge in [0.25, 0.3) is 5.91 Å². The van der Waals surface area contributed by atoms with Gasteiger partial charge in [-0.05, 0) is 18.2 Å². The number of rotatable bonds is 4. The van der Waals surface area contributed by atoms with Gasteiger partial charge in [0.2, 0.25) is 0 Å². The van der Waals surface area contributed by atoms with Gasteiger partial charge in [-0.1, -0.05) is 24.1 Å². The fraction of sp³-hybridized carbons (Fsp3) is 0.111. The van der Waals surface area contributed by atoms with E-state index in [0.717, 1.165) is 0 Å². The number of benzene rings is 2. The number of primary amides is 1. The van der Waals surface area contributed by atoms with Crippen molar-refractivity contribution in [3.8, 4) is 23.3 Å². The van der Waals surface area contributed by atoms with Crippen molar-refractivity contribution < 1.29 is 19.1 Å². The maximum atomic E-state index is 12.0. The summed E-state index contributed by atoms with van der Waals surface area (Å²) in [7, 11) is 2.88. The Morgan fingerprint density at radius 2 is 1.67 bits per heavy atom. The second kappa shape index (κ2) is 7.70. The molecule has 0 fully saturated rings. The maximum Gasteiger partial charge on any atom is 0.300 e. The Morgan fingerprint density at radius 1 is 1.04 bits per heavy atom. The molecule has 122 valence electrons. The molecule has 0 unspecified atom stereocenters. The number of hydrogen-bond donors (Lipinski definition) is 2. The van der Waals surface area contributed by atoms with Crippen molar-refractivity contribution >= 4 is 17.5 Å². The summed E-state index contributed by atoms with van der Waals surface area (Å²) in [5.41, 5.74) is 6.35. The standard InChI is InChI=1S/C18H16N2O4/c1-23-15-10-13(18(19)22)14(11-16(15)24-2)20-17(21)9-8-12-6-4-3-5-7-12/h3-7,10-11H,1-2H3,(H2,19,22)(H,20,21). The number of anilines is 1. The molecule has 0 atom stereocenters. The molecule has 0 saturated carbocycles. The Morgan fingerprint density at radius 3 is 2.25 bits per heavy atom. The van der Waals surface area contributed by atoms with E-state index >= 15 is 0 Å². The van der Waals surface area contributed by atoms with E-state index in [4.69, 9.17) is 15.2 Å². The van der Waals surface area contributed by atoms with E-state index in [1.165, 1.54) is 26.4 Å². The average Bonchev–Trinajstić information content (AvgIpc) is 2.60. The second-order valence-corrected chi connectivity index (χ2v) is 4.69. The van der Waals surface area contributed by atoms with Crippen LogP contribution in [0.25, 0.3) is 0 Å². The first-order chi connectivity index (χ1) is 11.5. The Hall–Kier alpha value is -3.46. The van der Waals surface area contributed by atoms with Gasteiger partial charge in [0.05, 0.1) is 25.5 Å². The molecular formula is C18H16N2O4. The zero-order chi connectivity index (χ0) is 17.5. The summed E-state index contributed by atoms with van der Waals surface area (Å²) in [6.07, 6.45) is 0. The fourth-order valence-corrected chi connectivity index (χ4v) is 1.99. The topological polar surface area (TPSA) is 90.6 Å². The quantitative estimate of drug-likeness (QED) is 0.839. The van der Waals surface area contributed by atoms with E-state index < -0.39 is 11.8 Å². The van der Waals surface area contributed by atoms with Crippen LogP contribution in [0, 0.1) is 11.8 Å². The molecule has 2 aromatic carbocycles. The van der Waals surface area contributed by atoms with E-state index in [-0.39, 0.29) is 11.3 Å². The third kappa shape index (κ3) is 4.05. The van der Waals surface area contributed by atoms with Crippen LogP contribution in [0.15, 0.2) is 42.5 Å². The first-order valence-electron chi connectivity index (χ1n) is 6.99. The lowest BCUT2D eigenvalue weighted by molar-refractivity contribution is -0.111. The van der Waals surface area contributed by atoms with Crippen LogP contribution in [0.5, 0.6) is 11.5 Å². The normalized spacial score (nSPS) is 9.42. The molecule has 0 heterocycles. The van der Waals surface area contributed by atoms with Gasteiger partial charge >= 0.3 is 5.91 Å². The molecule has 2 rings (SSSR count). The molecule has 0 bridgehead atoms. The Labute approximate surface area is 139 Å². The van der Waals surface area contributed by atoms with Crippen LogP contribution < -0.4 is 20.5 Å². The summed E-state index contributed by atoms with van der Waals surface area (Å²) in [4.78, 5) is 23.6. The maximum absolute atomic E-state index is 12.0.